The molecule has 0 aliphatic carbocycles. The molecule has 1 rings (SSSR count). The van der Waals surface area contributed by atoms with E-state index in [9.17, 15) is 13.2 Å². The third kappa shape index (κ3) is 5.11. The minimum atomic E-state index is -4.40. The molecule has 0 bridgehead atoms. The number of allylic oxidation sites excluding steroid dienone is 4. The van der Waals surface area contributed by atoms with Gasteiger partial charge in [-0.1, -0.05) is 12.7 Å². The molecule has 1 aliphatic rings. The smallest absolute Gasteiger partial charge is 0.416 e. The van der Waals surface area contributed by atoms with E-state index in [2.05, 4.69) is 11.5 Å². The van der Waals surface area contributed by atoms with Crippen molar-refractivity contribution in [1.29, 1.82) is 0 Å². The zero-order valence-electron chi connectivity index (χ0n) is 11.3. The number of hydrogen-bond donors (Lipinski definition) is 0. The Bertz CT molecular complexity index is 363. The van der Waals surface area contributed by atoms with Crippen molar-refractivity contribution in [2.45, 2.75) is 32.0 Å². The standard InChI is InChI=1S/C14H20F3NO/c1-4-11(14(15,16)17)10-12(5-2)19-13-6-8-18(3)9-7-13/h4-5,10,13H,1,6-9H2,2-3H3/b11-10+,12-5+. The van der Waals surface area contributed by atoms with Gasteiger partial charge in [0.25, 0.3) is 0 Å². The summed E-state index contributed by atoms with van der Waals surface area (Å²) < 4.78 is 43.5. The molecule has 0 aromatic rings. The van der Waals surface area contributed by atoms with Crippen LogP contribution in [0.25, 0.3) is 0 Å². The van der Waals surface area contributed by atoms with Crippen molar-refractivity contribution < 1.29 is 17.9 Å². The molecule has 0 radical (unpaired) electrons. The molecule has 0 aromatic heterocycles. The van der Waals surface area contributed by atoms with Gasteiger partial charge in [-0.3, -0.25) is 0 Å². The first-order valence-electron chi connectivity index (χ1n) is 6.29. The van der Waals surface area contributed by atoms with Crippen LogP contribution in [-0.4, -0.2) is 37.3 Å². The summed E-state index contributed by atoms with van der Waals surface area (Å²) in [5, 5.41) is 0. The first-order valence-corrected chi connectivity index (χ1v) is 6.29. The highest BCUT2D eigenvalue weighted by Gasteiger charge is 2.31. The molecule has 1 heterocycles. The second-order valence-electron chi connectivity index (χ2n) is 4.61. The number of nitrogens with zero attached hydrogens (tertiary/aromatic N) is 1. The van der Waals surface area contributed by atoms with Crippen LogP contribution in [0.15, 0.2) is 36.1 Å². The summed E-state index contributed by atoms with van der Waals surface area (Å²) in [5.41, 5.74) is -0.784. The van der Waals surface area contributed by atoms with E-state index in [1.807, 2.05) is 7.05 Å². The molecular formula is C14H20F3NO. The predicted octanol–water partition coefficient (Wildman–Crippen LogP) is 3.68. The van der Waals surface area contributed by atoms with E-state index in [-0.39, 0.29) is 11.9 Å². The van der Waals surface area contributed by atoms with Crippen LogP contribution in [-0.2, 0) is 4.74 Å². The lowest BCUT2D eigenvalue weighted by molar-refractivity contribution is -0.0885. The van der Waals surface area contributed by atoms with Crippen molar-refractivity contribution in [2.24, 2.45) is 0 Å². The highest BCUT2D eigenvalue weighted by Crippen LogP contribution is 2.28. The number of piperidine rings is 1. The fourth-order valence-corrected chi connectivity index (χ4v) is 1.89. The van der Waals surface area contributed by atoms with Crippen molar-refractivity contribution in [3.8, 4) is 0 Å². The van der Waals surface area contributed by atoms with E-state index in [4.69, 9.17) is 4.74 Å². The Kier molecular flexibility index (Phi) is 5.66. The van der Waals surface area contributed by atoms with Crippen LogP contribution in [0.3, 0.4) is 0 Å². The molecule has 0 aromatic carbocycles. The van der Waals surface area contributed by atoms with Gasteiger partial charge in [0.1, 0.15) is 11.9 Å². The molecule has 19 heavy (non-hydrogen) atoms. The monoisotopic (exact) mass is 275 g/mol. The summed E-state index contributed by atoms with van der Waals surface area (Å²) in [6.07, 6.45) is 0.610. The third-order valence-corrected chi connectivity index (χ3v) is 3.10. The maximum atomic E-state index is 12.6. The maximum absolute atomic E-state index is 12.6. The summed E-state index contributed by atoms with van der Waals surface area (Å²) >= 11 is 0. The zero-order chi connectivity index (χ0) is 14.5. The van der Waals surface area contributed by atoms with Crippen LogP contribution >= 0.6 is 0 Å². The van der Waals surface area contributed by atoms with E-state index in [1.54, 1.807) is 13.0 Å². The van der Waals surface area contributed by atoms with Gasteiger partial charge in [-0.2, -0.15) is 13.2 Å². The van der Waals surface area contributed by atoms with Gasteiger partial charge in [-0.05, 0) is 39.0 Å². The van der Waals surface area contributed by atoms with Gasteiger partial charge in [0.05, 0.1) is 5.57 Å². The van der Waals surface area contributed by atoms with E-state index < -0.39 is 11.7 Å². The minimum absolute atomic E-state index is 0.0158. The van der Waals surface area contributed by atoms with E-state index in [0.29, 0.717) is 0 Å². The maximum Gasteiger partial charge on any atom is 0.416 e. The number of rotatable bonds is 4. The van der Waals surface area contributed by atoms with Crippen molar-refractivity contribution in [3.05, 3.63) is 36.1 Å². The molecule has 1 saturated heterocycles. The van der Waals surface area contributed by atoms with Crippen molar-refractivity contribution in [1.82, 2.24) is 4.90 Å². The molecule has 2 nitrogen and oxygen atoms in total. The number of halogens is 3. The summed E-state index contributed by atoms with van der Waals surface area (Å²) in [6.45, 7) is 6.66. The Labute approximate surface area is 112 Å². The van der Waals surface area contributed by atoms with Crippen molar-refractivity contribution >= 4 is 0 Å². The SMILES string of the molecule is C=C/C(=C\C(=C/C)OC1CCN(C)CC1)C(F)(F)F. The fraction of sp³-hybridized carbons (Fsp3) is 0.571. The Hall–Kier alpha value is -1.23. The summed E-state index contributed by atoms with van der Waals surface area (Å²) in [5.74, 6) is 0.252. The molecule has 0 unspecified atom stereocenters. The topological polar surface area (TPSA) is 12.5 Å². The van der Waals surface area contributed by atoms with Gasteiger partial charge in [0, 0.05) is 13.1 Å². The van der Waals surface area contributed by atoms with Gasteiger partial charge < -0.3 is 9.64 Å². The van der Waals surface area contributed by atoms with Crippen LogP contribution < -0.4 is 0 Å². The molecule has 1 fully saturated rings. The van der Waals surface area contributed by atoms with Crippen LogP contribution in [0.5, 0.6) is 0 Å². The van der Waals surface area contributed by atoms with E-state index in [1.165, 1.54) is 0 Å². The second-order valence-corrected chi connectivity index (χ2v) is 4.61. The minimum Gasteiger partial charge on any atom is -0.491 e. The molecule has 0 amide bonds. The molecular weight excluding hydrogens is 255 g/mol. The average molecular weight is 275 g/mol. The predicted molar refractivity (Wildman–Crippen MR) is 69.7 cm³/mol. The molecule has 0 spiro atoms. The summed E-state index contributed by atoms with van der Waals surface area (Å²) in [4.78, 5) is 2.18. The van der Waals surface area contributed by atoms with E-state index in [0.717, 1.165) is 38.1 Å². The largest absolute Gasteiger partial charge is 0.491 e. The van der Waals surface area contributed by atoms with Crippen molar-refractivity contribution in [3.63, 3.8) is 0 Å². The van der Waals surface area contributed by atoms with Crippen LogP contribution in [0.1, 0.15) is 19.8 Å². The van der Waals surface area contributed by atoms with Gasteiger partial charge in [0.2, 0.25) is 0 Å². The molecule has 5 heteroatoms. The zero-order valence-corrected chi connectivity index (χ0v) is 11.3. The Morgan fingerprint density at radius 1 is 1.32 bits per heavy atom. The second kappa shape index (κ2) is 6.80. The van der Waals surface area contributed by atoms with Crippen molar-refractivity contribution in [2.75, 3.05) is 20.1 Å². The molecule has 108 valence electrons. The Morgan fingerprint density at radius 2 is 1.89 bits per heavy atom. The van der Waals surface area contributed by atoms with Gasteiger partial charge >= 0.3 is 6.18 Å². The average Bonchev–Trinajstić information content (AvgIpc) is 2.35. The normalized spacial score (nSPS) is 20.5. The number of alkyl halides is 3. The number of ether oxygens (including phenoxy) is 1. The lowest BCUT2D eigenvalue weighted by Gasteiger charge is -2.29. The number of hydrogen-bond acceptors (Lipinski definition) is 2. The molecule has 0 saturated carbocycles. The Balaban J connectivity index is 2.69. The fourth-order valence-electron chi connectivity index (χ4n) is 1.89. The lowest BCUT2D eigenvalue weighted by Crippen LogP contribution is -2.34. The lowest BCUT2D eigenvalue weighted by atomic mass is 10.1. The highest BCUT2D eigenvalue weighted by atomic mass is 19.4. The van der Waals surface area contributed by atoms with E-state index >= 15 is 0 Å². The quantitative estimate of drug-likeness (QED) is 0.573. The van der Waals surface area contributed by atoms with Crippen LogP contribution in [0.2, 0.25) is 0 Å². The van der Waals surface area contributed by atoms with Crippen LogP contribution in [0, 0.1) is 0 Å². The van der Waals surface area contributed by atoms with Gasteiger partial charge in [-0.15, -0.1) is 0 Å². The summed E-state index contributed by atoms with van der Waals surface area (Å²) in [7, 11) is 2.02. The number of likely N-dealkylation sites (tertiary alicyclic amines) is 1. The highest BCUT2D eigenvalue weighted by molar-refractivity contribution is 5.29. The summed E-state index contributed by atoms with van der Waals surface area (Å²) in [6, 6.07) is 0. The molecule has 0 N–H and O–H groups in total. The van der Waals surface area contributed by atoms with Gasteiger partial charge in [0.15, 0.2) is 0 Å². The Morgan fingerprint density at radius 3 is 2.32 bits per heavy atom. The molecule has 1 aliphatic heterocycles. The third-order valence-electron chi connectivity index (χ3n) is 3.10. The first-order chi connectivity index (χ1) is 8.86. The van der Waals surface area contributed by atoms with Gasteiger partial charge in [-0.25, -0.2) is 0 Å². The molecule has 0 atom stereocenters. The van der Waals surface area contributed by atoms with Crippen LogP contribution in [0.4, 0.5) is 13.2 Å². The first kappa shape index (κ1) is 15.8.